The number of nitrogens with zero attached hydrogens (tertiary/aromatic N) is 3. The van der Waals surface area contributed by atoms with Gasteiger partial charge in [-0.2, -0.15) is 0 Å². The smallest absolute Gasteiger partial charge is 0.274 e. The molecule has 0 saturated carbocycles. The maximum absolute atomic E-state index is 14.2. The largest absolute Gasteiger partial charge is 0.503 e. The summed E-state index contributed by atoms with van der Waals surface area (Å²) >= 11 is 0. The highest BCUT2D eigenvalue weighted by Crippen LogP contribution is 2.46. The molecule has 0 unspecified atom stereocenters. The molecule has 1 saturated heterocycles. The van der Waals surface area contributed by atoms with E-state index in [0.29, 0.717) is 18.4 Å². The second kappa shape index (κ2) is 8.93. The van der Waals surface area contributed by atoms with Crippen molar-refractivity contribution in [3.8, 4) is 5.75 Å². The minimum absolute atomic E-state index is 0.130. The van der Waals surface area contributed by atoms with E-state index in [2.05, 4.69) is 10.5 Å². The van der Waals surface area contributed by atoms with Crippen LogP contribution in [0.5, 0.6) is 5.75 Å². The zero-order valence-corrected chi connectivity index (χ0v) is 20.2. The first-order valence-electron chi connectivity index (χ1n) is 11.9. The number of carbonyl (C=O) groups is 2. The Morgan fingerprint density at radius 1 is 1.30 bits per heavy atom. The van der Waals surface area contributed by atoms with Gasteiger partial charge in [0.2, 0.25) is 5.43 Å². The van der Waals surface area contributed by atoms with Crippen LogP contribution in [-0.4, -0.2) is 57.0 Å². The fraction of sp³-hybridized carbons (Fsp3) is 0.440. The number of halogens is 3. The Labute approximate surface area is 209 Å². The number of alkyl halides is 1. The van der Waals surface area contributed by atoms with Gasteiger partial charge in [0, 0.05) is 37.3 Å². The van der Waals surface area contributed by atoms with Crippen molar-refractivity contribution in [3.05, 3.63) is 62.6 Å². The fourth-order valence-corrected chi connectivity index (χ4v) is 5.42. The predicted octanol–water partition coefficient (Wildman–Crippen LogP) is 2.73. The topological polar surface area (TPSA) is 113 Å². The summed E-state index contributed by atoms with van der Waals surface area (Å²) in [7, 11) is 0. The van der Waals surface area contributed by atoms with Gasteiger partial charge in [-0.1, -0.05) is 5.16 Å². The van der Waals surface area contributed by atoms with E-state index >= 15 is 0 Å². The van der Waals surface area contributed by atoms with Gasteiger partial charge in [0.1, 0.15) is 23.9 Å². The van der Waals surface area contributed by atoms with Gasteiger partial charge in [0.15, 0.2) is 17.0 Å². The molecular formula is C25H25F3N4O5. The Morgan fingerprint density at radius 2 is 2.00 bits per heavy atom. The third kappa shape index (κ3) is 3.94. The highest BCUT2D eigenvalue weighted by atomic mass is 19.1. The number of amides is 2. The van der Waals surface area contributed by atoms with Crippen molar-refractivity contribution in [2.45, 2.75) is 57.3 Å². The van der Waals surface area contributed by atoms with Crippen molar-refractivity contribution in [1.82, 2.24) is 14.8 Å². The van der Waals surface area contributed by atoms with Gasteiger partial charge in [0.25, 0.3) is 11.8 Å². The first-order chi connectivity index (χ1) is 17.6. The van der Waals surface area contributed by atoms with E-state index in [0.717, 1.165) is 18.3 Å². The minimum Gasteiger partial charge on any atom is -0.503 e. The molecule has 37 heavy (non-hydrogen) atoms. The second-order valence-corrected chi connectivity index (χ2v) is 9.85. The van der Waals surface area contributed by atoms with E-state index in [-0.39, 0.29) is 36.0 Å². The maximum Gasteiger partial charge on any atom is 0.274 e. The van der Waals surface area contributed by atoms with Crippen molar-refractivity contribution >= 4 is 17.5 Å². The summed E-state index contributed by atoms with van der Waals surface area (Å²) in [4.78, 5) is 46.5. The Morgan fingerprint density at radius 3 is 2.65 bits per heavy atom. The summed E-state index contributed by atoms with van der Waals surface area (Å²) in [5.74, 6) is -4.21. The van der Waals surface area contributed by atoms with Crippen LogP contribution in [0.15, 0.2) is 28.3 Å². The molecule has 1 aromatic heterocycles. The third-order valence-electron chi connectivity index (χ3n) is 7.47. The van der Waals surface area contributed by atoms with Crippen LogP contribution >= 0.6 is 0 Å². The number of aryl methyl sites for hydroxylation is 1. The molecule has 9 nitrogen and oxygen atoms in total. The number of hydrogen-bond donors (Lipinski definition) is 2. The lowest BCUT2D eigenvalue weighted by Gasteiger charge is -2.41. The molecule has 2 N–H and O–H groups in total. The molecule has 2 aromatic rings. The Kier molecular flexibility index (Phi) is 5.99. The molecule has 196 valence electrons. The zero-order chi connectivity index (χ0) is 26.6. The second-order valence-electron chi connectivity index (χ2n) is 9.85. The summed E-state index contributed by atoms with van der Waals surface area (Å²) < 4.78 is 43.2. The summed E-state index contributed by atoms with van der Waals surface area (Å²) in [6, 6.07) is 1.29. The van der Waals surface area contributed by atoms with Crippen molar-refractivity contribution in [1.29, 1.82) is 0 Å². The van der Waals surface area contributed by atoms with Crippen molar-refractivity contribution in [3.63, 3.8) is 0 Å². The summed E-state index contributed by atoms with van der Waals surface area (Å²) in [6.07, 6.45) is 2.21. The number of fused-ring (bicyclic) bond motifs is 5. The SMILES string of the molecule is Cc1cc(F)c(CNC(=O)c2cn3c(c(O)c2=O)C(=O)N2C[C@@H]3[C@]3(CC[C@@H]2C)CC(CF)=NO3)c(F)c1. The highest BCUT2D eigenvalue weighted by Gasteiger charge is 2.54. The average Bonchev–Trinajstić information content (AvgIpc) is 3.23. The number of aromatic nitrogens is 1. The van der Waals surface area contributed by atoms with E-state index in [9.17, 15) is 32.7 Å². The van der Waals surface area contributed by atoms with Crippen LogP contribution in [0.1, 0.15) is 64.2 Å². The quantitative estimate of drug-likeness (QED) is 0.647. The van der Waals surface area contributed by atoms with E-state index < -0.39 is 65.1 Å². The van der Waals surface area contributed by atoms with Gasteiger partial charge < -0.3 is 24.7 Å². The number of nitrogens with one attached hydrogen (secondary N) is 1. The first kappa shape index (κ1) is 24.8. The van der Waals surface area contributed by atoms with E-state index in [4.69, 9.17) is 4.84 Å². The molecule has 3 atom stereocenters. The van der Waals surface area contributed by atoms with Gasteiger partial charge in [-0.15, -0.1) is 0 Å². The minimum atomic E-state index is -1.10. The predicted molar refractivity (Wildman–Crippen MR) is 125 cm³/mol. The molecule has 2 bridgehead atoms. The van der Waals surface area contributed by atoms with E-state index in [1.165, 1.54) is 16.4 Å². The van der Waals surface area contributed by atoms with Gasteiger partial charge in [-0.05, 0) is 44.4 Å². The summed E-state index contributed by atoms with van der Waals surface area (Å²) in [6.45, 7) is 2.12. The number of pyridine rings is 1. The molecule has 12 heteroatoms. The number of rotatable bonds is 4. The van der Waals surface area contributed by atoms with Crippen LogP contribution < -0.4 is 10.7 Å². The van der Waals surface area contributed by atoms with Crippen LogP contribution in [0.2, 0.25) is 0 Å². The Hall–Kier alpha value is -3.83. The van der Waals surface area contributed by atoms with Gasteiger partial charge in [-0.25, -0.2) is 13.2 Å². The van der Waals surface area contributed by atoms with Gasteiger partial charge in [0.05, 0.1) is 11.8 Å². The molecule has 5 rings (SSSR count). The molecular weight excluding hydrogens is 493 g/mol. The molecule has 3 aliphatic heterocycles. The maximum atomic E-state index is 14.2. The van der Waals surface area contributed by atoms with Crippen molar-refractivity contribution < 1.29 is 32.7 Å². The molecule has 1 fully saturated rings. The monoisotopic (exact) mass is 518 g/mol. The fourth-order valence-electron chi connectivity index (χ4n) is 5.42. The van der Waals surface area contributed by atoms with Crippen LogP contribution in [0.25, 0.3) is 0 Å². The normalized spacial score (nSPS) is 24.4. The van der Waals surface area contributed by atoms with Crippen molar-refractivity contribution in [2.24, 2.45) is 5.16 Å². The lowest BCUT2D eigenvalue weighted by Crippen LogP contribution is -2.52. The molecule has 1 spiro atoms. The lowest BCUT2D eigenvalue weighted by atomic mass is 9.84. The average molecular weight is 518 g/mol. The Balaban J connectivity index is 1.55. The number of hydrogen-bond acceptors (Lipinski definition) is 6. The number of benzene rings is 1. The number of carbonyl (C=O) groups excluding carboxylic acids is 2. The molecule has 0 aliphatic carbocycles. The third-order valence-corrected chi connectivity index (χ3v) is 7.47. The highest BCUT2D eigenvalue weighted by molar-refractivity contribution is 5.99. The number of aromatic hydroxyl groups is 1. The lowest BCUT2D eigenvalue weighted by molar-refractivity contribution is -0.0655. The van der Waals surface area contributed by atoms with E-state index in [1.807, 2.05) is 6.92 Å². The Bertz CT molecular complexity index is 1380. The standard InChI is InChI=1S/C25H25F3N4O5/c1-12-5-17(27)15(18(28)6-12)9-29-23(35)16-10-32-19-11-31(24(36)20(32)22(34)21(16)33)13(2)3-4-25(19)7-14(8-26)30-37-25/h5-6,10,13,19,34H,3-4,7-9,11H2,1-2H3,(H,29,35)/t13-,19+,25-/m0/s1. The number of oxime groups is 1. The summed E-state index contributed by atoms with van der Waals surface area (Å²) in [5.41, 5.74) is -2.81. The van der Waals surface area contributed by atoms with Crippen LogP contribution in [0.4, 0.5) is 13.2 Å². The van der Waals surface area contributed by atoms with Crippen LogP contribution in [0, 0.1) is 18.6 Å². The first-order valence-corrected chi connectivity index (χ1v) is 11.9. The molecule has 3 aliphatic rings. The van der Waals surface area contributed by atoms with Gasteiger partial charge >= 0.3 is 0 Å². The molecule has 1 aromatic carbocycles. The van der Waals surface area contributed by atoms with E-state index in [1.54, 1.807) is 0 Å². The van der Waals surface area contributed by atoms with Gasteiger partial charge in [-0.3, -0.25) is 14.4 Å². The van der Waals surface area contributed by atoms with Crippen LogP contribution in [-0.2, 0) is 11.4 Å². The molecule has 2 amide bonds. The zero-order valence-electron chi connectivity index (χ0n) is 20.2. The molecule has 0 radical (unpaired) electrons. The summed E-state index contributed by atoms with van der Waals surface area (Å²) in [5, 5.41) is 17.0. The van der Waals surface area contributed by atoms with Crippen molar-refractivity contribution in [2.75, 3.05) is 13.2 Å². The van der Waals surface area contributed by atoms with Crippen LogP contribution in [0.3, 0.4) is 0 Å². The molecule has 4 heterocycles.